The second-order valence-electron chi connectivity index (χ2n) is 10.2. The van der Waals surface area contributed by atoms with Gasteiger partial charge in [-0.25, -0.2) is 4.79 Å². The number of hydrogen-bond donors (Lipinski definition) is 3. The van der Waals surface area contributed by atoms with Crippen molar-refractivity contribution in [3.05, 3.63) is 0 Å². The van der Waals surface area contributed by atoms with Crippen molar-refractivity contribution < 1.29 is 19.5 Å². The number of carbonyl (C=O) groups is 3. The minimum atomic E-state index is -1.07. The molecule has 1 amide bonds. The molecule has 0 aromatic rings. The first-order valence-corrected chi connectivity index (χ1v) is 13.4. The average Bonchev–Trinajstić information content (AvgIpc) is 2.80. The van der Waals surface area contributed by atoms with Gasteiger partial charge in [-0.15, -0.1) is 0 Å². The lowest BCUT2D eigenvalue weighted by Crippen LogP contribution is -2.42. The van der Waals surface area contributed by atoms with Crippen LogP contribution in [0.3, 0.4) is 0 Å². The monoisotopic (exact) mass is 468 g/mol. The Hall–Kier alpha value is -1.43. The maximum atomic E-state index is 12.7. The van der Waals surface area contributed by atoms with Crippen LogP contribution in [0.5, 0.6) is 0 Å². The first-order valence-electron chi connectivity index (χ1n) is 13.4. The van der Waals surface area contributed by atoms with Crippen molar-refractivity contribution in [1.82, 2.24) is 10.6 Å². The van der Waals surface area contributed by atoms with Crippen molar-refractivity contribution in [3.63, 3.8) is 0 Å². The van der Waals surface area contributed by atoms with Crippen LogP contribution in [0.2, 0.25) is 0 Å². The van der Waals surface area contributed by atoms with E-state index in [0.717, 1.165) is 57.9 Å². The Morgan fingerprint density at radius 2 is 1.45 bits per heavy atom. The lowest BCUT2D eigenvalue weighted by molar-refractivity contribution is -0.142. The predicted octanol–water partition coefficient (Wildman–Crippen LogP) is 6.02. The third-order valence-electron chi connectivity index (χ3n) is 7.32. The molecule has 0 saturated carbocycles. The summed E-state index contributed by atoms with van der Waals surface area (Å²) in [6, 6.07) is -1.00. The summed E-state index contributed by atoms with van der Waals surface area (Å²) in [6.45, 7) is 13.7. The summed E-state index contributed by atoms with van der Waals surface area (Å²) in [5.74, 6) is -1.21. The topological polar surface area (TPSA) is 95.5 Å². The van der Waals surface area contributed by atoms with Gasteiger partial charge in [-0.2, -0.15) is 0 Å². The molecule has 0 aromatic heterocycles. The molecule has 6 heteroatoms. The first-order chi connectivity index (χ1) is 15.6. The Kier molecular flexibility index (Phi) is 16.3. The van der Waals surface area contributed by atoms with E-state index in [0.29, 0.717) is 6.42 Å². The van der Waals surface area contributed by atoms with Crippen molar-refractivity contribution >= 4 is 17.7 Å². The van der Waals surface area contributed by atoms with Gasteiger partial charge < -0.3 is 15.7 Å². The molecule has 0 aliphatic rings. The molecule has 0 radical (unpaired) electrons. The fourth-order valence-electron chi connectivity index (χ4n) is 4.12. The Labute approximate surface area is 203 Å². The minimum Gasteiger partial charge on any atom is -0.480 e. The number of carbonyl (C=O) groups excluding carboxylic acids is 2. The number of hydrogen-bond acceptors (Lipinski definition) is 4. The van der Waals surface area contributed by atoms with Crippen LogP contribution in [0.4, 0.5) is 0 Å². The normalized spacial score (nSPS) is 15.9. The quantitative estimate of drug-likeness (QED) is 0.179. The van der Waals surface area contributed by atoms with Gasteiger partial charge in [0, 0.05) is 23.8 Å². The standard InChI is InChI=1S/C27H52N2O4/c1-7-11-19-26(5,9-3)23(30)18-17-22(25(32)33)29-24(31)16-14-13-15-21-28-27(6,10-4)20-12-8-2/h22,28H,7-21H2,1-6H3,(H,29,31)(H,32,33). The molecule has 0 bridgehead atoms. The van der Waals surface area contributed by atoms with Crippen LogP contribution in [-0.4, -0.2) is 40.9 Å². The van der Waals surface area contributed by atoms with Crippen molar-refractivity contribution in [2.24, 2.45) is 5.41 Å². The molecular formula is C27H52N2O4. The Balaban J connectivity index is 4.35. The third-order valence-corrected chi connectivity index (χ3v) is 7.32. The summed E-state index contributed by atoms with van der Waals surface area (Å²) in [5, 5.41) is 15.8. The lowest BCUT2D eigenvalue weighted by Gasteiger charge is -2.30. The summed E-state index contributed by atoms with van der Waals surface area (Å²) < 4.78 is 0. The molecule has 6 nitrogen and oxygen atoms in total. The molecule has 0 aliphatic heterocycles. The van der Waals surface area contributed by atoms with Gasteiger partial charge in [-0.05, 0) is 58.4 Å². The van der Waals surface area contributed by atoms with Crippen molar-refractivity contribution in [3.8, 4) is 0 Å². The highest BCUT2D eigenvalue weighted by Gasteiger charge is 2.31. The van der Waals surface area contributed by atoms with E-state index in [4.69, 9.17) is 0 Å². The molecule has 0 aliphatic carbocycles. The maximum absolute atomic E-state index is 12.7. The van der Waals surface area contributed by atoms with Crippen molar-refractivity contribution in [2.75, 3.05) is 6.54 Å². The van der Waals surface area contributed by atoms with Crippen LogP contribution in [0.1, 0.15) is 131 Å². The van der Waals surface area contributed by atoms with Crippen LogP contribution in [0.25, 0.3) is 0 Å². The van der Waals surface area contributed by atoms with Gasteiger partial charge >= 0.3 is 5.97 Å². The predicted molar refractivity (Wildman–Crippen MR) is 136 cm³/mol. The number of rotatable bonds is 21. The fraction of sp³-hybridized carbons (Fsp3) is 0.889. The molecule has 0 spiro atoms. The highest BCUT2D eigenvalue weighted by atomic mass is 16.4. The minimum absolute atomic E-state index is 0.101. The summed E-state index contributed by atoms with van der Waals surface area (Å²) >= 11 is 0. The van der Waals surface area contributed by atoms with E-state index in [9.17, 15) is 19.5 Å². The van der Waals surface area contributed by atoms with E-state index in [1.807, 2.05) is 13.8 Å². The summed E-state index contributed by atoms with van der Waals surface area (Å²) in [4.78, 5) is 36.6. The van der Waals surface area contributed by atoms with E-state index in [2.05, 4.69) is 38.3 Å². The molecule has 0 aromatic carbocycles. The second-order valence-corrected chi connectivity index (χ2v) is 10.2. The molecule has 0 heterocycles. The fourth-order valence-corrected chi connectivity index (χ4v) is 4.12. The van der Waals surface area contributed by atoms with Gasteiger partial charge in [0.25, 0.3) is 0 Å². The van der Waals surface area contributed by atoms with Crippen LogP contribution in [-0.2, 0) is 14.4 Å². The zero-order valence-corrected chi connectivity index (χ0v) is 22.4. The van der Waals surface area contributed by atoms with E-state index in [-0.39, 0.29) is 30.1 Å². The van der Waals surface area contributed by atoms with Crippen LogP contribution >= 0.6 is 0 Å². The average molecular weight is 469 g/mol. The maximum Gasteiger partial charge on any atom is 0.326 e. The largest absolute Gasteiger partial charge is 0.480 e. The number of carboxylic acids is 1. The SMILES string of the molecule is CCCCC(C)(CC)NCCCCCC(=O)NC(CCC(=O)C(C)(CC)CCCC)C(=O)O. The Morgan fingerprint density at radius 3 is 2.00 bits per heavy atom. The number of nitrogens with one attached hydrogen (secondary N) is 2. The second kappa shape index (κ2) is 17.1. The summed E-state index contributed by atoms with van der Waals surface area (Å²) in [5.41, 5.74) is -0.217. The molecule has 3 unspecified atom stereocenters. The van der Waals surface area contributed by atoms with Crippen molar-refractivity contribution in [1.29, 1.82) is 0 Å². The number of amides is 1. The third kappa shape index (κ3) is 13.1. The van der Waals surface area contributed by atoms with Crippen LogP contribution < -0.4 is 10.6 Å². The molecule has 3 N–H and O–H groups in total. The molecule has 0 saturated heterocycles. The summed E-state index contributed by atoms with van der Waals surface area (Å²) in [7, 11) is 0. The number of carboxylic acid groups (broad SMARTS) is 1. The van der Waals surface area contributed by atoms with Crippen LogP contribution in [0.15, 0.2) is 0 Å². The molecule has 194 valence electrons. The molecule has 0 rings (SSSR count). The number of unbranched alkanes of at least 4 members (excludes halogenated alkanes) is 4. The molecule has 0 fully saturated rings. The number of ketones is 1. The van der Waals surface area contributed by atoms with Gasteiger partial charge in [0.1, 0.15) is 11.8 Å². The van der Waals surface area contributed by atoms with Gasteiger partial charge in [0.2, 0.25) is 5.91 Å². The highest BCUT2D eigenvalue weighted by molar-refractivity contribution is 5.86. The Bertz CT molecular complexity index is 580. The summed E-state index contributed by atoms with van der Waals surface area (Å²) in [6.07, 6.45) is 11.6. The van der Waals surface area contributed by atoms with Gasteiger partial charge in [0.05, 0.1) is 0 Å². The van der Waals surface area contributed by atoms with Gasteiger partial charge in [-0.1, -0.05) is 66.7 Å². The van der Waals surface area contributed by atoms with Crippen molar-refractivity contribution in [2.45, 2.75) is 143 Å². The van der Waals surface area contributed by atoms with E-state index in [1.165, 1.54) is 19.3 Å². The zero-order chi connectivity index (χ0) is 25.3. The zero-order valence-electron chi connectivity index (χ0n) is 22.4. The molecular weight excluding hydrogens is 416 g/mol. The van der Waals surface area contributed by atoms with E-state index in [1.54, 1.807) is 0 Å². The molecule has 3 atom stereocenters. The number of Topliss-reactive ketones (excluding diaryl/α,β-unsaturated/α-hetero) is 1. The Morgan fingerprint density at radius 1 is 0.818 bits per heavy atom. The van der Waals surface area contributed by atoms with E-state index < -0.39 is 17.4 Å². The smallest absolute Gasteiger partial charge is 0.326 e. The highest BCUT2D eigenvalue weighted by Crippen LogP contribution is 2.31. The molecule has 33 heavy (non-hydrogen) atoms. The lowest BCUT2D eigenvalue weighted by atomic mass is 9.76. The number of aliphatic carboxylic acids is 1. The first kappa shape index (κ1) is 31.6. The van der Waals surface area contributed by atoms with Crippen LogP contribution in [0, 0.1) is 5.41 Å². The van der Waals surface area contributed by atoms with Gasteiger partial charge in [-0.3, -0.25) is 9.59 Å². The van der Waals surface area contributed by atoms with E-state index >= 15 is 0 Å². The van der Waals surface area contributed by atoms with Gasteiger partial charge in [0.15, 0.2) is 0 Å².